The van der Waals surface area contributed by atoms with Gasteiger partial charge in [0.15, 0.2) is 0 Å². The van der Waals surface area contributed by atoms with E-state index in [1.54, 1.807) is 66.7 Å². The molecule has 0 aliphatic carbocycles. The lowest BCUT2D eigenvalue weighted by molar-refractivity contribution is 0.0734. The molecule has 3 aromatic rings. The van der Waals surface area contributed by atoms with E-state index in [4.69, 9.17) is 10.6 Å². The number of carbonyl (C=O) groups excluding carboxylic acids is 2. The van der Waals surface area contributed by atoms with Gasteiger partial charge in [-0.3, -0.25) is 4.79 Å². The summed E-state index contributed by atoms with van der Waals surface area (Å²) >= 11 is 0. The SMILES string of the molecule is Cc1cccc(C(=O)/C(=N/N)c2ccccc2OC(=O)c2ccccc2)c1. The number of ketones is 1. The molecule has 0 bridgehead atoms. The van der Waals surface area contributed by atoms with Gasteiger partial charge in [-0.15, -0.1) is 0 Å². The van der Waals surface area contributed by atoms with E-state index in [2.05, 4.69) is 5.10 Å². The van der Waals surface area contributed by atoms with E-state index in [0.717, 1.165) is 5.56 Å². The van der Waals surface area contributed by atoms with E-state index in [1.165, 1.54) is 0 Å². The summed E-state index contributed by atoms with van der Waals surface area (Å²) in [6.45, 7) is 1.89. The molecule has 2 N–H and O–H groups in total. The fourth-order valence-electron chi connectivity index (χ4n) is 2.66. The van der Waals surface area contributed by atoms with Gasteiger partial charge in [0.1, 0.15) is 11.5 Å². The molecular weight excluding hydrogens is 340 g/mol. The molecule has 3 rings (SSSR count). The lowest BCUT2D eigenvalue weighted by Crippen LogP contribution is -2.20. The molecule has 3 aromatic carbocycles. The molecule has 5 nitrogen and oxygen atoms in total. The largest absolute Gasteiger partial charge is 0.422 e. The number of hydrogen-bond acceptors (Lipinski definition) is 5. The lowest BCUT2D eigenvalue weighted by atomic mass is 9.99. The number of ether oxygens (including phenoxy) is 1. The summed E-state index contributed by atoms with van der Waals surface area (Å²) in [5.41, 5.74) is 2.20. The minimum absolute atomic E-state index is 0.0251. The van der Waals surface area contributed by atoms with Gasteiger partial charge in [0.2, 0.25) is 5.78 Å². The van der Waals surface area contributed by atoms with Crippen molar-refractivity contribution in [1.29, 1.82) is 0 Å². The van der Waals surface area contributed by atoms with E-state index >= 15 is 0 Å². The number of nitrogens with two attached hydrogens (primary N) is 1. The van der Waals surface area contributed by atoms with E-state index < -0.39 is 5.97 Å². The third-order valence-corrected chi connectivity index (χ3v) is 3.98. The van der Waals surface area contributed by atoms with E-state index in [-0.39, 0.29) is 17.2 Å². The molecule has 0 saturated carbocycles. The van der Waals surface area contributed by atoms with Gasteiger partial charge >= 0.3 is 5.97 Å². The van der Waals surface area contributed by atoms with Crippen molar-refractivity contribution in [2.45, 2.75) is 6.92 Å². The molecule has 0 radical (unpaired) electrons. The number of nitrogens with zero attached hydrogens (tertiary/aromatic N) is 1. The monoisotopic (exact) mass is 358 g/mol. The molecule has 0 atom stereocenters. The maximum Gasteiger partial charge on any atom is 0.343 e. The summed E-state index contributed by atoms with van der Waals surface area (Å²) in [4.78, 5) is 25.3. The number of para-hydroxylation sites is 1. The Morgan fingerprint density at radius 1 is 0.852 bits per heavy atom. The third-order valence-electron chi connectivity index (χ3n) is 3.98. The fourth-order valence-corrected chi connectivity index (χ4v) is 2.66. The van der Waals surface area contributed by atoms with Gasteiger partial charge in [-0.1, -0.05) is 54.1 Å². The smallest absolute Gasteiger partial charge is 0.343 e. The Kier molecular flexibility index (Phi) is 5.42. The summed E-state index contributed by atoms with van der Waals surface area (Å²) < 4.78 is 5.50. The third kappa shape index (κ3) is 4.10. The van der Waals surface area contributed by atoms with Crippen LogP contribution in [-0.2, 0) is 0 Å². The molecule has 0 aliphatic rings. The van der Waals surface area contributed by atoms with Gasteiger partial charge in [-0.2, -0.15) is 5.10 Å². The normalized spacial score (nSPS) is 11.1. The van der Waals surface area contributed by atoms with Crippen LogP contribution >= 0.6 is 0 Å². The summed E-state index contributed by atoms with van der Waals surface area (Å²) in [5, 5.41) is 3.68. The Hall–Kier alpha value is -3.73. The van der Waals surface area contributed by atoms with Crippen LogP contribution in [0.5, 0.6) is 5.75 Å². The van der Waals surface area contributed by atoms with Crippen molar-refractivity contribution in [3.05, 3.63) is 101 Å². The number of hydrazone groups is 1. The average molecular weight is 358 g/mol. The molecule has 27 heavy (non-hydrogen) atoms. The fraction of sp³-hybridized carbons (Fsp3) is 0.0455. The molecule has 0 fully saturated rings. The van der Waals surface area contributed by atoms with Crippen molar-refractivity contribution in [3.8, 4) is 5.75 Å². The lowest BCUT2D eigenvalue weighted by Gasteiger charge is -2.11. The van der Waals surface area contributed by atoms with Crippen LogP contribution in [0.25, 0.3) is 0 Å². The molecule has 5 heteroatoms. The topological polar surface area (TPSA) is 81.8 Å². The quantitative estimate of drug-likeness (QED) is 0.188. The van der Waals surface area contributed by atoms with Crippen molar-refractivity contribution in [1.82, 2.24) is 0 Å². The summed E-state index contributed by atoms with van der Waals surface area (Å²) in [6, 6.07) is 22.4. The van der Waals surface area contributed by atoms with Crippen molar-refractivity contribution < 1.29 is 14.3 Å². The first-order valence-electron chi connectivity index (χ1n) is 8.36. The van der Waals surface area contributed by atoms with Crippen LogP contribution in [0, 0.1) is 6.92 Å². The first-order chi connectivity index (χ1) is 13.1. The van der Waals surface area contributed by atoms with Crippen LogP contribution in [-0.4, -0.2) is 17.5 Å². The molecule has 0 unspecified atom stereocenters. The number of Topliss-reactive ketones (excluding diaryl/α,β-unsaturated/α-hetero) is 1. The highest BCUT2D eigenvalue weighted by Gasteiger charge is 2.21. The Labute approximate surface area is 157 Å². The maximum absolute atomic E-state index is 12.9. The van der Waals surface area contributed by atoms with Gasteiger partial charge < -0.3 is 10.6 Å². The van der Waals surface area contributed by atoms with Gasteiger partial charge in [0, 0.05) is 11.1 Å². The van der Waals surface area contributed by atoms with Crippen molar-refractivity contribution in [2.75, 3.05) is 0 Å². The first-order valence-corrected chi connectivity index (χ1v) is 8.36. The highest BCUT2D eigenvalue weighted by atomic mass is 16.5. The van der Waals surface area contributed by atoms with Crippen molar-refractivity contribution in [3.63, 3.8) is 0 Å². The summed E-state index contributed by atoms with van der Waals surface area (Å²) in [6.07, 6.45) is 0. The zero-order valence-corrected chi connectivity index (χ0v) is 14.8. The number of rotatable bonds is 5. The Bertz CT molecular complexity index is 1010. The Balaban J connectivity index is 1.94. The second-order valence-electron chi connectivity index (χ2n) is 5.93. The number of aryl methyl sites for hydroxylation is 1. The summed E-state index contributed by atoms with van der Waals surface area (Å²) in [5.74, 6) is 4.87. The molecule has 0 aromatic heterocycles. The summed E-state index contributed by atoms with van der Waals surface area (Å²) in [7, 11) is 0. The van der Waals surface area contributed by atoms with E-state index in [0.29, 0.717) is 16.7 Å². The van der Waals surface area contributed by atoms with Gasteiger partial charge in [-0.05, 0) is 37.3 Å². The maximum atomic E-state index is 12.9. The molecule has 0 amide bonds. The van der Waals surface area contributed by atoms with E-state index in [1.807, 2.05) is 19.1 Å². The first kappa shape index (κ1) is 18.1. The zero-order valence-electron chi connectivity index (χ0n) is 14.8. The Morgan fingerprint density at radius 3 is 2.22 bits per heavy atom. The predicted octanol–water partition coefficient (Wildman–Crippen LogP) is 3.76. The molecule has 0 heterocycles. The Morgan fingerprint density at radius 2 is 1.52 bits per heavy atom. The van der Waals surface area contributed by atoms with Gasteiger partial charge in [-0.25, -0.2) is 4.79 Å². The standard InChI is InChI=1S/C22H18N2O3/c1-15-8-7-11-17(14-15)21(25)20(24-23)18-12-5-6-13-19(18)27-22(26)16-9-3-2-4-10-16/h2-14H,23H2,1H3/b24-20+. The highest BCUT2D eigenvalue weighted by Crippen LogP contribution is 2.22. The number of hydrogen-bond donors (Lipinski definition) is 1. The van der Waals surface area contributed by atoms with Crippen LogP contribution in [0.3, 0.4) is 0 Å². The molecule has 0 spiro atoms. The number of esters is 1. The van der Waals surface area contributed by atoms with Crippen LogP contribution in [0.1, 0.15) is 31.8 Å². The van der Waals surface area contributed by atoms with Crippen molar-refractivity contribution in [2.24, 2.45) is 10.9 Å². The zero-order chi connectivity index (χ0) is 19.2. The number of carbonyl (C=O) groups is 2. The minimum atomic E-state index is -0.526. The van der Waals surface area contributed by atoms with Gasteiger partial charge in [0.25, 0.3) is 0 Å². The van der Waals surface area contributed by atoms with Crippen LogP contribution in [0.4, 0.5) is 0 Å². The minimum Gasteiger partial charge on any atom is -0.422 e. The molecule has 134 valence electrons. The molecular formula is C22H18N2O3. The average Bonchev–Trinajstić information content (AvgIpc) is 2.70. The highest BCUT2D eigenvalue weighted by molar-refractivity contribution is 6.51. The second kappa shape index (κ2) is 8.10. The van der Waals surface area contributed by atoms with Crippen molar-refractivity contribution >= 4 is 17.5 Å². The van der Waals surface area contributed by atoms with Gasteiger partial charge in [0.05, 0.1) is 5.56 Å². The molecule has 0 aliphatic heterocycles. The van der Waals surface area contributed by atoms with E-state index in [9.17, 15) is 9.59 Å². The van der Waals surface area contributed by atoms with Crippen LogP contribution in [0.2, 0.25) is 0 Å². The number of benzene rings is 3. The van der Waals surface area contributed by atoms with Crippen LogP contribution in [0.15, 0.2) is 84.0 Å². The molecule has 0 saturated heterocycles. The van der Waals surface area contributed by atoms with Crippen LogP contribution < -0.4 is 10.6 Å². The second-order valence-corrected chi connectivity index (χ2v) is 5.93. The predicted molar refractivity (Wildman–Crippen MR) is 104 cm³/mol.